The molecule has 6 heteroatoms. The van der Waals surface area contributed by atoms with Crippen LogP contribution in [0.25, 0.3) is 11.3 Å². The molecule has 1 heterocycles. The van der Waals surface area contributed by atoms with Crippen LogP contribution in [-0.4, -0.2) is 21.3 Å². The number of aromatic amines is 1. The zero-order valence-corrected chi connectivity index (χ0v) is 11.7. The van der Waals surface area contributed by atoms with E-state index in [2.05, 4.69) is 15.4 Å². The van der Waals surface area contributed by atoms with Gasteiger partial charge in [-0.15, -0.1) is 0 Å². The van der Waals surface area contributed by atoms with Crippen molar-refractivity contribution in [3.63, 3.8) is 0 Å². The molecule has 3 N–H and O–H groups in total. The number of rotatable bonds is 5. The number of primary amides is 1. The van der Waals surface area contributed by atoms with Gasteiger partial charge in [0.15, 0.2) is 5.69 Å². The van der Waals surface area contributed by atoms with E-state index in [9.17, 15) is 4.79 Å². The number of hydrogen-bond donors (Lipinski definition) is 2. The molecule has 110 valence electrons. The fraction of sp³-hybridized carbons (Fsp3) is 0.0625. The summed E-state index contributed by atoms with van der Waals surface area (Å²) in [4.78, 5) is 11.3. The first kappa shape index (κ1) is 13.8. The smallest absolute Gasteiger partial charge is 0.271 e. The average molecular weight is 294 g/mol. The molecule has 0 aliphatic heterocycles. The Kier molecular flexibility index (Phi) is 3.82. The van der Waals surface area contributed by atoms with Crippen LogP contribution in [0.4, 0.5) is 0 Å². The number of benzene rings is 2. The zero-order chi connectivity index (χ0) is 15.4. The molecule has 0 atom stereocenters. The van der Waals surface area contributed by atoms with Crippen LogP contribution in [-0.2, 0) is 6.61 Å². The van der Waals surface area contributed by atoms with Gasteiger partial charge in [-0.25, -0.2) is 0 Å². The van der Waals surface area contributed by atoms with Gasteiger partial charge in [0, 0.05) is 5.56 Å². The van der Waals surface area contributed by atoms with E-state index < -0.39 is 5.91 Å². The number of carbonyl (C=O) groups is 1. The Morgan fingerprint density at radius 3 is 2.45 bits per heavy atom. The maximum absolute atomic E-state index is 11.3. The molecule has 2 aromatic carbocycles. The van der Waals surface area contributed by atoms with Crippen molar-refractivity contribution >= 4 is 5.91 Å². The molecule has 3 aromatic rings. The monoisotopic (exact) mass is 294 g/mol. The maximum atomic E-state index is 11.3. The molecule has 3 rings (SSSR count). The quantitative estimate of drug-likeness (QED) is 0.754. The largest absolute Gasteiger partial charge is 0.489 e. The lowest BCUT2D eigenvalue weighted by molar-refractivity contribution is 0.0996. The summed E-state index contributed by atoms with van der Waals surface area (Å²) in [7, 11) is 0. The molecule has 0 fully saturated rings. The molecule has 0 radical (unpaired) electrons. The molecule has 1 aromatic heterocycles. The summed E-state index contributed by atoms with van der Waals surface area (Å²) >= 11 is 0. The van der Waals surface area contributed by atoms with Crippen LogP contribution in [0.15, 0.2) is 54.6 Å². The first-order valence-electron chi connectivity index (χ1n) is 6.72. The van der Waals surface area contributed by atoms with Crippen LogP contribution in [0.2, 0.25) is 0 Å². The van der Waals surface area contributed by atoms with E-state index in [1.807, 2.05) is 54.6 Å². The van der Waals surface area contributed by atoms with Crippen molar-refractivity contribution in [2.24, 2.45) is 5.73 Å². The standard InChI is InChI=1S/C16H14N4O2/c17-16(21)15-14(18-20-19-15)12-6-8-13(9-7-12)22-10-11-4-2-1-3-5-11/h1-9H,10H2,(H2,17,21)(H,18,19,20). The lowest BCUT2D eigenvalue weighted by Gasteiger charge is -2.07. The predicted molar refractivity (Wildman–Crippen MR) is 81.1 cm³/mol. The molecule has 0 bridgehead atoms. The lowest BCUT2D eigenvalue weighted by Crippen LogP contribution is -2.12. The Hall–Kier alpha value is -3.15. The fourth-order valence-corrected chi connectivity index (χ4v) is 2.05. The Labute approximate surface area is 126 Å². The first-order valence-corrected chi connectivity index (χ1v) is 6.72. The summed E-state index contributed by atoms with van der Waals surface area (Å²) < 4.78 is 5.71. The molecule has 0 spiro atoms. The molecule has 6 nitrogen and oxygen atoms in total. The number of hydrogen-bond acceptors (Lipinski definition) is 4. The highest BCUT2D eigenvalue weighted by Crippen LogP contribution is 2.23. The van der Waals surface area contributed by atoms with E-state index in [4.69, 9.17) is 10.5 Å². The number of amides is 1. The van der Waals surface area contributed by atoms with Crippen LogP contribution in [0.5, 0.6) is 5.75 Å². The molecule has 0 aliphatic carbocycles. The number of aromatic nitrogens is 3. The minimum absolute atomic E-state index is 0.123. The number of nitrogens with one attached hydrogen (secondary N) is 1. The summed E-state index contributed by atoms with van der Waals surface area (Å²) in [5.74, 6) is 0.116. The number of nitrogens with zero attached hydrogens (tertiary/aromatic N) is 2. The van der Waals surface area contributed by atoms with Crippen molar-refractivity contribution in [1.29, 1.82) is 0 Å². The Morgan fingerprint density at radius 1 is 1.05 bits per heavy atom. The summed E-state index contributed by atoms with van der Waals surface area (Å²) in [6.45, 7) is 0.497. The third-order valence-corrected chi connectivity index (χ3v) is 3.16. The van der Waals surface area contributed by atoms with Gasteiger partial charge in [-0.1, -0.05) is 30.3 Å². The van der Waals surface area contributed by atoms with Gasteiger partial charge in [0.05, 0.1) is 0 Å². The maximum Gasteiger partial charge on any atom is 0.271 e. The summed E-state index contributed by atoms with van der Waals surface area (Å²) in [5.41, 5.74) is 7.65. The van der Waals surface area contributed by atoms with E-state index in [0.29, 0.717) is 12.3 Å². The van der Waals surface area contributed by atoms with Crippen LogP contribution >= 0.6 is 0 Å². The van der Waals surface area contributed by atoms with Crippen LogP contribution < -0.4 is 10.5 Å². The minimum Gasteiger partial charge on any atom is -0.489 e. The zero-order valence-electron chi connectivity index (χ0n) is 11.7. The second-order valence-electron chi connectivity index (χ2n) is 4.68. The van der Waals surface area contributed by atoms with Gasteiger partial charge in [-0.2, -0.15) is 15.4 Å². The second kappa shape index (κ2) is 6.09. The molecule has 1 amide bonds. The van der Waals surface area contributed by atoms with Crippen LogP contribution in [0, 0.1) is 0 Å². The van der Waals surface area contributed by atoms with E-state index in [0.717, 1.165) is 16.9 Å². The molecule has 22 heavy (non-hydrogen) atoms. The van der Waals surface area contributed by atoms with Crippen LogP contribution in [0.1, 0.15) is 16.1 Å². The molecular formula is C16H14N4O2. The average Bonchev–Trinajstić information content (AvgIpc) is 3.04. The lowest BCUT2D eigenvalue weighted by atomic mass is 10.1. The molecule has 0 saturated heterocycles. The SMILES string of the molecule is NC(=O)c1n[nH]nc1-c1ccc(OCc2ccccc2)cc1. The van der Waals surface area contributed by atoms with Crippen molar-refractivity contribution in [2.45, 2.75) is 6.61 Å². The highest BCUT2D eigenvalue weighted by molar-refractivity contribution is 5.96. The summed E-state index contributed by atoms with van der Waals surface area (Å²) in [5, 5.41) is 10.1. The molecule has 0 saturated carbocycles. The molecular weight excluding hydrogens is 280 g/mol. The number of ether oxygens (including phenoxy) is 1. The fourth-order valence-electron chi connectivity index (χ4n) is 2.05. The Balaban J connectivity index is 1.73. The van der Waals surface area contributed by atoms with Gasteiger partial charge in [-0.3, -0.25) is 4.79 Å². The number of nitrogens with two attached hydrogens (primary N) is 1. The van der Waals surface area contributed by atoms with Gasteiger partial charge in [0.25, 0.3) is 5.91 Å². The summed E-state index contributed by atoms with van der Waals surface area (Å²) in [6.07, 6.45) is 0. The van der Waals surface area contributed by atoms with Gasteiger partial charge in [0.2, 0.25) is 0 Å². The van der Waals surface area contributed by atoms with Crippen molar-refractivity contribution in [2.75, 3.05) is 0 Å². The highest BCUT2D eigenvalue weighted by Gasteiger charge is 2.14. The van der Waals surface area contributed by atoms with Crippen molar-refractivity contribution in [3.8, 4) is 17.0 Å². The van der Waals surface area contributed by atoms with Crippen molar-refractivity contribution in [1.82, 2.24) is 15.4 Å². The third kappa shape index (κ3) is 2.95. The van der Waals surface area contributed by atoms with Gasteiger partial charge >= 0.3 is 0 Å². The van der Waals surface area contributed by atoms with E-state index in [1.165, 1.54) is 0 Å². The van der Waals surface area contributed by atoms with Crippen molar-refractivity contribution in [3.05, 3.63) is 65.9 Å². The van der Waals surface area contributed by atoms with Crippen molar-refractivity contribution < 1.29 is 9.53 Å². The second-order valence-corrected chi connectivity index (χ2v) is 4.68. The number of carbonyl (C=O) groups excluding carboxylic acids is 1. The van der Waals surface area contributed by atoms with E-state index >= 15 is 0 Å². The summed E-state index contributed by atoms with van der Waals surface area (Å²) in [6, 6.07) is 17.2. The Morgan fingerprint density at radius 2 is 1.77 bits per heavy atom. The number of H-pyrrole nitrogens is 1. The normalized spacial score (nSPS) is 10.4. The minimum atomic E-state index is -0.617. The van der Waals surface area contributed by atoms with E-state index in [-0.39, 0.29) is 5.69 Å². The third-order valence-electron chi connectivity index (χ3n) is 3.16. The highest BCUT2D eigenvalue weighted by atomic mass is 16.5. The Bertz CT molecular complexity index is 766. The van der Waals surface area contributed by atoms with Gasteiger partial charge in [0.1, 0.15) is 18.1 Å². The molecule has 0 unspecified atom stereocenters. The first-order chi connectivity index (χ1) is 10.7. The topological polar surface area (TPSA) is 93.9 Å². The van der Waals surface area contributed by atoms with Gasteiger partial charge in [-0.05, 0) is 29.8 Å². The van der Waals surface area contributed by atoms with Gasteiger partial charge < -0.3 is 10.5 Å². The predicted octanol–water partition coefficient (Wildman–Crippen LogP) is 2.15. The van der Waals surface area contributed by atoms with Crippen LogP contribution in [0.3, 0.4) is 0 Å². The molecule has 0 aliphatic rings. The van der Waals surface area contributed by atoms with E-state index in [1.54, 1.807) is 0 Å².